The van der Waals surface area contributed by atoms with Crippen LogP contribution in [0.3, 0.4) is 0 Å². The SMILES string of the molecule is Cc1ccc(-c2c(C(N)=O)cc(-c3ccnc4[nH]ccc34)n2COCCS(C)(C)C)c(F)c1. The summed E-state index contributed by atoms with van der Waals surface area (Å²) in [7, 11) is -0.725. The van der Waals surface area contributed by atoms with Crippen LogP contribution in [0.4, 0.5) is 4.39 Å². The van der Waals surface area contributed by atoms with E-state index in [1.54, 1.807) is 18.3 Å². The Kier molecular flexibility index (Phi) is 6.32. The fourth-order valence-electron chi connectivity index (χ4n) is 3.85. The normalized spacial score (nSPS) is 12.4. The number of nitrogens with two attached hydrogens (primary N) is 1. The number of rotatable bonds is 8. The summed E-state index contributed by atoms with van der Waals surface area (Å²) in [4.78, 5) is 19.9. The first-order valence-electron chi connectivity index (χ1n) is 10.6. The number of carbonyl (C=O) groups is 1. The van der Waals surface area contributed by atoms with Gasteiger partial charge < -0.3 is 20.0 Å². The summed E-state index contributed by atoms with van der Waals surface area (Å²) in [6, 6.07) is 10.5. The summed E-state index contributed by atoms with van der Waals surface area (Å²) in [6.07, 6.45) is 10.2. The monoisotopic (exact) mass is 468 g/mol. The van der Waals surface area contributed by atoms with Gasteiger partial charge in [-0.15, -0.1) is 0 Å². The molecular weight excluding hydrogens is 439 g/mol. The molecule has 6 nitrogen and oxygen atoms in total. The van der Waals surface area contributed by atoms with Crippen molar-refractivity contribution >= 4 is 27.0 Å². The van der Waals surface area contributed by atoms with Crippen molar-refractivity contribution in [2.45, 2.75) is 13.7 Å². The molecule has 0 aliphatic carbocycles. The number of aromatic nitrogens is 3. The highest BCUT2D eigenvalue weighted by atomic mass is 32.3. The Bertz CT molecular complexity index is 1320. The number of fused-ring (bicyclic) bond motifs is 1. The van der Waals surface area contributed by atoms with E-state index in [0.29, 0.717) is 23.6 Å². The number of H-pyrrole nitrogens is 1. The Morgan fingerprint density at radius 1 is 1.18 bits per heavy atom. The number of ether oxygens (including phenoxy) is 1. The van der Waals surface area contributed by atoms with E-state index in [1.807, 2.05) is 35.9 Å². The van der Waals surface area contributed by atoms with Gasteiger partial charge in [0.25, 0.3) is 5.91 Å². The highest BCUT2D eigenvalue weighted by Crippen LogP contribution is 2.37. The van der Waals surface area contributed by atoms with Crippen molar-refractivity contribution in [1.29, 1.82) is 0 Å². The molecule has 33 heavy (non-hydrogen) atoms. The number of halogens is 1. The number of primary amides is 1. The standard InChI is InChI=1S/C25H29FN4O2S/c1-16-5-6-19(21(26)13-16)23-20(24(27)31)14-22(30(23)15-32-11-12-33(2,3)4)17-7-9-28-25-18(17)8-10-29-25/h5-10,13-14H,11-12,15H2,1-4H3,(H2,27,31)(H,28,29). The first-order chi connectivity index (χ1) is 15.7. The zero-order valence-corrected chi connectivity index (χ0v) is 20.1. The maximum absolute atomic E-state index is 15.1. The Hall–Kier alpha value is -3.10. The smallest absolute Gasteiger partial charge is 0.250 e. The van der Waals surface area contributed by atoms with Crippen molar-refractivity contribution in [2.24, 2.45) is 5.73 Å². The summed E-state index contributed by atoms with van der Waals surface area (Å²) >= 11 is 0. The summed E-state index contributed by atoms with van der Waals surface area (Å²) in [5.41, 5.74) is 9.83. The third kappa shape index (κ3) is 4.82. The van der Waals surface area contributed by atoms with E-state index >= 15 is 4.39 Å². The molecule has 0 bridgehead atoms. The van der Waals surface area contributed by atoms with Gasteiger partial charge in [0.2, 0.25) is 0 Å². The third-order valence-corrected chi connectivity index (χ3v) is 6.93. The molecule has 0 saturated carbocycles. The highest BCUT2D eigenvalue weighted by Gasteiger charge is 2.24. The van der Waals surface area contributed by atoms with Gasteiger partial charge in [0.1, 0.15) is 18.2 Å². The summed E-state index contributed by atoms with van der Waals surface area (Å²) in [5, 5.41) is 0.891. The molecule has 4 aromatic rings. The molecule has 1 aromatic carbocycles. The second-order valence-corrected chi connectivity index (χ2v) is 13.6. The molecule has 8 heteroatoms. The number of aromatic amines is 1. The predicted molar refractivity (Wildman–Crippen MR) is 134 cm³/mol. The molecule has 0 unspecified atom stereocenters. The van der Waals surface area contributed by atoms with Gasteiger partial charge in [0.15, 0.2) is 0 Å². The molecule has 3 N–H and O–H groups in total. The maximum atomic E-state index is 15.1. The molecule has 1 amide bonds. The number of aryl methyl sites for hydroxylation is 1. The zero-order valence-electron chi connectivity index (χ0n) is 19.3. The predicted octanol–water partition coefficient (Wildman–Crippen LogP) is 4.91. The topological polar surface area (TPSA) is 85.9 Å². The Balaban J connectivity index is 1.90. The molecule has 0 radical (unpaired) electrons. The molecule has 0 saturated heterocycles. The van der Waals surface area contributed by atoms with Gasteiger partial charge >= 0.3 is 0 Å². The van der Waals surface area contributed by atoms with E-state index in [1.165, 1.54) is 6.07 Å². The average molecular weight is 469 g/mol. The van der Waals surface area contributed by atoms with Crippen molar-refractivity contribution in [3.63, 3.8) is 0 Å². The summed E-state index contributed by atoms with van der Waals surface area (Å²) in [5.74, 6) is -0.0924. The van der Waals surface area contributed by atoms with Crippen molar-refractivity contribution in [3.05, 3.63) is 65.7 Å². The molecule has 0 aliphatic rings. The molecule has 3 heterocycles. The van der Waals surface area contributed by atoms with Crippen LogP contribution in [0, 0.1) is 12.7 Å². The minimum Gasteiger partial charge on any atom is -0.366 e. The van der Waals surface area contributed by atoms with Gasteiger partial charge in [-0.2, -0.15) is 0 Å². The van der Waals surface area contributed by atoms with Crippen LogP contribution in [-0.2, 0) is 11.5 Å². The van der Waals surface area contributed by atoms with Crippen molar-refractivity contribution < 1.29 is 13.9 Å². The lowest BCUT2D eigenvalue weighted by Gasteiger charge is -2.25. The molecule has 0 spiro atoms. The second kappa shape index (κ2) is 9.03. The van der Waals surface area contributed by atoms with Gasteiger partial charge in [0.05, 0.1) is 23.6 Å². The Morgan fingerprint density at radius 3 is 2.67 bits per heavy atom. The number of pyridine rings is 1. The molecule has 0 atom stereocenters. The van der Waals surface area contributed by atoms with Crippen LogP contribution in [0.2, 0.25) is 0 Å². The molecule has 0 fully saturated rings. The summed E-state index contributed by atoms with van der Waals surface area (Å²) in [6.45, 7) is 2.55. The fraction of sp³-hybridized carbons (Fsp3) is 0.280. The molecule has 0 aliphatic heterocycles. The number of carbonyl (C=O) groups excluding carboxylic acids is 1. The first-order valence-corrected chi connectivity index (χ1v) is 13.6. The van der Waals surface area contributed by atoms with Crippen molar-refractivity contribution in [3.8, 4) is 22.5 Å². The number of benzene rings is 1. The average Bonchev–Trinajstić information content (AvgIpc) is 3.35. The first kappa shape index (κ1) is 23.1. The Morgan fingerprint density at radius 2 is 1.97 bits per heavy atom. The van der Waals surface area contributed by atoms with Crippen LogP contribution in [0.1, 0.15) is 15.9 Å². The van der Waals surface area contributed by atoms with Crippen LogP contribution in [-0.4, -0.2) is 51.6 Å². The van der Waals surface area contributed by atoms with Crippen LogP contribution < -0.4 is 5.73 Å². The van der Waals surface area contributed by atoms with Gasteiger partial charge in [0, 0.05) is 34.7 Å². The molecule has 3 aromatic heterocycles. The number of hydrogen-bond donors (Lipinski definition) is 2. The van der Waals surface area contributed by atoms with Crippen LogP contribution in [0.15, 0.2) is 48.8 Å². The van der Waals surface area contributed by atoms with E-state index in [2.05, 4.69) is 28.7 Å². The Labute approximate surface area is 194 Å². The van der Waals surface area contributed by atoms with Crippen molar-refractivity contribution in [1.82, 2.24) is 14.5 Å². The lowest BCUT2D eigenvalue weighted by molar-refractivity contribution is 0.0917. The lowest BCUT2D eigenvalue weighted by atomic mass is 10.0. The van der Waals surface area contributed by atoms with Gasteiger partial charge in [-0.05, 0) is 61.6 Å². The molecule has 174 valence electrons. The van der Waals surface area contributed by atoms with E-state index in [4.69, 9.17) is 10.5 Å². The minimum absolute atomic E-state index is 0.162. The number of nitrogens with zero attached hydrogens (tertiary/aromatic N) is 2. The lowest BCUT2D eigenvalue weighted by Crippen LogP contribution is -2.15. The quantitative estimate of drug-likeness (QED) is 0.360. The van der Waals surface area contributed by atoms with Crippen LogP contribution in [0.5, 0.6) is 0 Å². The summed E-state index contributed by atoms with van der Waals surface area (Å²) < 4.78 is 23.0. The highest BCUT2D eigenvalue weighted by molar-refractivity contribution is 8.32. The number of amides is 1. The maximum Gasteiger partial charge on any atom is 0.250 e. The minimum atomic E-state index is -0.725. The van der Waals surface area contributed by atoms with Gasteiger partial charge in [-0.1, -0.05) is 6.07 Å². The van der Waals surface area contributed by atoms with E-state index in [0.717, 1.165) is 27.9 Å². The largest absolute Gasteiger partial charge is 0.366 e. The third-order valence-electron chi connectivity index (χ3n) is 5.54. The fourth-order valence-corrected chi connectivity index (χ4v) is 4.46. The number of hydrogen-bond acceptors (Lipinski definition) is 3. The van der Waals surface area contributed by atoms with Crippen LogP contribution in [0.25, 0.3) is 33.5 Å². The zero-order chi connectivity index (χ0) is 23.8. The number of nitrogens with one attached hydrogen (secondary N) is 1. The molecule has 4 rings (SSSR count). The van der Waals surface area contributed by atoms with E-state index in [-0.39, 0.29) is 12.3 Å². The molecular formula is C25H29FN4O2S. The second-order valence-electron chi connectivity index (χ2n) is 9.00. The van der Waals surface area contributed by atoms with E-state index < -0.39 is 21.8 Å². The van der Waals surface area contributed by atoms with Gasteiger partial charge in [-0.25, -0.2) is 19.4 Å². The van der Waals surface area contributed by atoms with Crippen LogP contribution >= 0.6 is 10.0 Å². The van der Waals surface area contributed by atoms with Gasteiger partial charge in [-0.3, -0.25) is 4.79 Å². The van der Waals surface area contributed by atoms with E-state index in [9.17, 15) is 4.79 Å². The van der Waals surface area contributed by atoms with Crippen molar-refractivity contribution in [2.75, 3.05) is 31.1 Å².